The SMILES string of the molecule is Cc1cc(S(=O)(=O)N(C)c2ccccc2)cc(C(=O)O)c1N1CCCCCC1. The lowest BCUT2D eigenvalue weighted by Gasteiger charge is -2.27. The van der Waals surface area contributed by atoms with E-state index in [9.17, 15) is 18.3 Å². The molecule has 2 aromatic carbocycles. The van der Waals surface area contributed by atoms with Crippen LogP contribution in [0.4, 0.5) is 11.4 Å². The van der Waals surface area contributed by atoms with E-state index in [1.165, 1.54) is 17.4 Å². The predicted molar refractivity (Wildman–Crippen MR) is 111 cm³/mol. The number of benzene rings is 2. The van der Waals surface area contributed by atoms with Crippen LogP contribution in [0.5, 0.6) is 0 Å². The van der Waals surface area contributed by atoms with Crippen LogP contribution in [0, 0.1) is 6.92 Å². The first-order valence-corrected chi connectivity index (χ1v) is 10.9. The number of carboxylic acid groups (broad SMARTS) is 1. The summed E-state index contributed by atoms with van der Waals surface area (Å²) in [6.45, 7) is 3.36. The van der Waals surface area contributed by atoms with Gasteiger partial charge in [0.15, 0.2) is 0 Å². The van der Waals surface area contributed by atoms with Gasteiger partial charge in [0.25, 0.3) is 10.0 Å². The number of nitrogens with zero attached hydrogens (tertiary/aromatic N) is 2. The summed E-state index contributed by atoms with van der Waals surface area (Å²) in [4.78, 5) is 14.1. The van der Waals surface area contributed by atoms with Gasteiger partial charge in [-0.05, 0) is 49.6 Å². The minimum Gasteiger partial charge on any atom is -0.478 e. The van der Waals surface area contributed by atoms with Gasteiger partial charge in [-0.1, -0.05) is 31.0 Å². The average molecular weight is 403 g/mol. The summed E-state index contributed by atoms with van der Waals surface area (Å²) in [5.41, 5.74) is 1.87. The maximum atomic E-state index is 13.1. The van der Waals surface area contributed by atoms with E-state index in [4.69, 9.17) is 0 Å². The summed E-state index contributed by atoms with van der Waals surface area (Å²) in [6.07, 6.45) is 4.28. The molecular weight excluding hydrogens is 376 g/mol. The highest BCUT2D eigenvalue weighted by molar-refractivity contribution is 7.92. The van der Waals surface area contributed by atoms with Crippen LogP contribution < -0.4 is 9.21 Å². The number of carbonyl (C=O) groups is 1. The molecule has 2 aromatic rings. The molecule has 0 bridgehead atoms. The van der Waals surface area contributed by atoms with E-state index in [-0.39, 0.29) is 10.5 Å². The Bertz CT molecular complexity index is 950. The smallest absolute Gasteiger partial charge is 0.337 e. The Labute approximate surface area is 166 Å². The highest BCUT2D eigenvalue weighted by Crippen LogP contribution is 2.32. The number of aryl methyl sites for hydroxylation is 1. The van der Waals surface area contributed by atoms with Crippen molar-refractivity contribution in [3.05, 3.63) is 53.6 Å². The number of sulfonamides is 1. The minimum atomic E-state index is -3.87. The summed E-state index contributed by atoms with van der Waals surface area (Å²) in [6, 6.07) is 11.6. The fourth-order valence-electron chi connectivity index (χ4n) is 3.71. The van der Waals surface area contributed by atoms with Gasteiger partial charge in [-0.15, -0.1) is 0 Å². The molecule has 1 N–H and O–H groups in total. The average Bonchev–Trinajstić information content (AvgIpc) is 2.96. The van der Waals surface area contributed by atoms with Gasteiger partial charge in [-0.2, -0.15) is 0 Å². The largest absolute Gasteiger partial charge is 0.478 e. The molecule has 1 fully saturated rings. The van der Waals surface area contributed by atoms with Gasteiger partial charge in [0.1, 0.15) is 0 Å². The summed E-state index contributed by atoms with van der Waals surface area (Å²) in [7, 11) is -2.40. The maximum absolute atomic E-state index is 13.1. The van der Waals surface area contributed by atoms with Crippen molar-refractivity contribution in [2.75, 3.05) is 29.3 Å². The molecule has 6 nitrogen and oxygen atoms in total. The van der Waals surface area contributed by atoms with Crippen molar-refractivity contribution in [1.82, 2.24) is 0 Å². The molecule has 0 saturated carbocycles. The van der Waals surface area contributed by atoms with Crippen LogP contribution in [0.3, 0.4) is 0 Å². The number of para-hydroxylation sites is 1. The Morgan fingerprint density at radius 1 is 1.04 bits per heavy atom. The summed E-state index contributed by atoms with van der Waals surface area (Å²) < 4.78 is 27.4. The quantitative estimate of drug-likeness (QED) is 0.821. The summed E-state index contributed by atoms with van der Waals surface area (Å²) >= 11 is 0. The van der Waals surface area contributed by atoms with Crippen molar-refractivity contribution in [2.24, 2.45) is 0 Å². The standard InChI is InChI=1S/C21H26N2O4S/c1-16-14-18(28(26,27)22(2)17-10-6-5-7-11-17)15-19(21(24)25)20(16)23-12-8-3-4-9-13-23/h5-7,10-11,14-15H,3-4,8-9,12-13H2,1-2H3,(H,24,25). The van der Waals surface area contributed by atoms with Crippen molar-refractivity contribution in [2.45, 2.75) is 37.5 Å². The second-order valence-corrected chi connectivity index (χ2v) is 9.12. The number of carboxylic acids is 1. The van der Waals surface area contributed by atoms with Crippen molar-refractivity contribution in [1.29, 1.82) is 0 Å². The molecule has 1 aliphatic rings. The number of anilines is 2. The van der Waals surface area contributed by atoms with Crippen molar-refractivity contribution in [3.8, 4) is 0 Å². The van der Waals surface area contributed by atoms with Crippen LogP contribution in [0.1, 0.15) is 41.6 Å². The molecule has 1 heterocycles. The molecule has 0 radical (unpaired) electrons. The van der Waals surface area contributed by atoms with Gasteiger partial charge in [0.2, 0.25) is 0 Å². The molecule has 150 valence electrons. The molecule has 1 saturated heterocycles. The lowest BCUT2D eigenvalue weighted by Crippen LogP contribution is -2.29. The van der Waals surface area contributed by atoms with E-state index < -0.39 is 16.0 Å². The number of aromatic carboxylic acids is 1. The zero-order valence-corrected chi connectivity index (χ0v) is 17.1. The van der Waals surface area contributed by atoms with Gasteiger partial charge in [-0.25, -0.2) is 13.2 Å². The van der Waals surface area contributed by atoms with Gasteiger partial charge in [0, 0.05) is 20.1 Å². The first-order chi connectivity index (χ1) is 13.3. The second-order valence-electron chi connectivity index (χ2n) is 7.15. The third-order valence-electron chi connectivity index (χ3n) is 5.20. The first kappa shape index (κ1) is 20.2. The highest BCUT2D eigenvalue weighted by Gasteiger charge is 2.27. The van der Waals surface area contributed by atoms with E-state index >= 15 is 0 Å². The van der Waals surface area contributed by atoms with E-state index in [1.54, 1.807) is 37.3 Å². The Morgan fingerprint density at radius 3 is 2.21 bits per heavy atom. The molecule has 0 amide bonds. The fraction of sp³-hybridized carbons (Fsp3) is 0.381. The number of rotatable bonds is 5. The lowest BCUT2D eigenvalue weighted by atomic mass is 10.1. The molecule has 7 heteroatoms. The molecule has 0 unspecified atom stereocenters. The van der Waals surface area contributed by atoms with Crippen LogP contribution in [-0.4, -0.2) is 39.6 Å². The molecule has 0 aliphatic carbocycles. The van der Waals surface area contributed by atoms with Crippen LogP contribution in [0.2, 0.25) is 0 Å². The lowest BCUT2D eigenvalue weighted by molar-refractivity contribution is 0.0697. The molecule has 0 atom stereocenters. The number of hydrogen-bond acceptors (Lipinski definition) is 4. The number of hydrogen-bond donors (Lipinski definition) is 1. The van der Waals surface area contributed by atoms with Crippen LogP contribution in [0.15, 0.2) is 47.4 Å². The van der Waals surface area contributed by atoms with E-state index in [2.05, 4.69) is 4.90 Å². The Balaban J connectivity index is 2.07. The van der Waals surface area contributed by atoms with E-state index in [1.807, 2.05) is 6.07 Å². The predicted octanol–water partition coefficient (Wildman–Crippen LogP) is 3.90. The van der Waals surface area contributed by atoms with Gasteiger partial charge < -0.3 is 10.0 Å². The van der Waals surface area contributed by atoms with Gasteiger partial charge >= 0.3 is 5.97 Å². The van der Waals surface area contributed by atoms with E-state index in [0.717, 1.165) is 38.8 Å². The molecule has 0 spiro atoms. The van der Waals surface area contributed by atoms with Gasteiger partial charge in [0.05, 0.1) is 21.8 Å². The third-order valence-corrected chi connectivity index (χ3v) is 6.97. The monoisotopic (exact) mass is 402 g/mol. The zero-order valence-electron chi connectivity index (χ0n) is 16.3. The Hall–Kier alpha value is -2.54. The van der Waals surface area contributed by atoms with Crippen LogP contribution >= 0.6 is 0 Å². The maximum Gasteiger partial charge on any atom is 0.337 e. The van der Waals surface area contributed by atoms with Crippen LogP contribution in [-0.2, 0) is 10.0 Å². The molecule has 3 rings (SSSR count). The molecule has 0 aromatic heterocycles. The second kappa shape index (κ2) is 8.22. The fourth-order valence-corrected chi connectivity index (χ4v) is 5.02. The van der Waals surface area contributed by atoms with Crippen molar-refractivity contribution in [3.63, 3.8) is 0 Å². The summed E-state index contributed by atoms with van der Waals surface area (Å²) in [5, 5.41) is 9.80. The Morgan fingerprint density at radius 2 is 1.64 bits per heavy atom. The van der Waals surface area contributed by atoms with E-state index in [0.29, 0.717) is 16.9 Å². The highest BCUT2D eigenvalue weighted by atomic mass is 32.2. The Kier molecular flexibility index (Phi) is 5.93. The molecule has 1 aliphatic heterocycles. The van der Waals surface area contributed by atoms with Gasteiger partial charge in [-0.3, -0.25) is 4.31 Å². The van der Waals surface area contributed by atoms with Crippen LogP contribution in [0.25, 0.3) is 0 Å². The molecular formula is C21H26N2O4S. The first-order valence-electron chi connectivity index (χ1n) is 9.49. The molecule has 28 heavy (non-hydrogen) atoms. The van der Waals surface area contributed by atoms with Crippen molar-refractivity contribution >= 4 is 27.4 Å². The zero-order chi connectivity index (χ0) is 20.3. The van der Waals surface area contributed by atoms with Crippen molar-refractivity contribution < 1.29 is 18.3 Å². The third kappa shape index (κ3) is 3.99. The summed E-state index contributed by atoms with van der Waals surface area (Å²) in [5.74, 6) is -1.11. The normalized spacial score (nSPS) is 15.1. The topological polar surface area (TPSA) is 77.9 Å². The minimum absolute atomic E-state index is 0.00711.